The van der Waals surface area contributed by atoms with Crippen LogP contribution in [0.1, 0.15) is 13.8 Å². The molecule has 0 aliphatic rings. The van der Waals surface area contributed by atoms with Crippen LogP contribution < -0.4 is 5.32 Å². The van der Waals surface area contributed by atoms with Crippen LogP contribution in [0.5, 0.6) is 0 Å². The Kier molecular flexibility index (Phi) is 5.11. The lowest BCUT2D eigenvalue weighted by atomic mass is 10.1. The van der Waals surface area contributed by atoms with Gasteiger partial charge in [-0.25, -0.2) is 8.42 Å². The first kappa shape index (κ1) is 16.1. The minimum atomic E-state index is -3.40. The van der Waals surface area contributed by atoms with E-state index in [2.05, 4.69) is 21.2 Å². The van der Waals surface area contributed by atoms with E-state index in [1.807, 2.05) is 0 Å². The molecule has 0 saturated heterocycles. The van der Waals surface area contributed by atoms with E-state index in [-0.39, 0.29) is 17.2 Å². The summed E-state index contributed by atoms with van der Waals surface area (Å²) in [6.45, 7) is 3.06. The molecule has 0 aromatic heterocycles. The fourth-order valence-electron chi connectivity index (χ4n) is 1.33. The lowest BCUT2D eigenvalue weighted by molar-refractivity contribution is -0.143. The lowest BCUT2D eigenvalue weighted by Gasteiger charge is -2.20. The van der Waals surface area contributed by atoms with Crippen molar-refractivity contribution in [1.29, 1.82) is 0 Å². The van der Waals surface area contributed by atoms with E-state index in [0.717, 1.165) is 4.47 Å². The quantitative estimate of drug-likeness (QED) is 0.816. The van der Waals surface area contributed by atoms with E-state index >= 15 is 0 Å². The molecule has 0 unspecified atom stereocenters. The minimum absolute atomic E-state index is 0.0810. The second kappa shape index (κ2) is 6.02. The van der Waals surface area contributed by atoms with Crippen LogP contribution in [-0.4, -0.2) is 37.3 Å². The highest BCUT2D eigenvalue weighted by Gasteiger charge is 2.26. The van der Waals surface area contributed by atoms with Crippen molar-refractivity contribution in [2.45, 2.75) is 24.3 Å². The van der Waals surface area contributed by atoms with E-state index in [0.29, 0.717) is 0 Å². The molecule has 106 valence electrons. The van der Waals surface area contributed by atoms with Crippen molar-refractivity contribution in [2.75, 3.05) is 12.3 Å². The maximum absolute atomic E-state index is 12.0. The standard InChI is InChI=1S/C12H16BrNO4S/c1-12(2,11(15)16)14-7-8-19(17,18)10-5-3-9(13)4-6-10/h3-6,14H,7-8H2,1-2H3,(H,15,16). The third-order valence-electron chi connectivity index (χ3n) is 2.65. The highest BCUT2D eigenvalue weighted by Crippen LogP contribution is 2.15. The van der Waals surface area contributed by atoms with Crippen molar-refractivity contribution in [1.82, 2.24) is 5.32 Å². The minimum Gasteiger partial charge on any atom is -0.480 e. The summed E-state index contributed by atoms with van der Waals surface area (Å²) in [5.74, 6) is -1.17. The van der Waals surface area contributed by atoms with Gasteiger partial charge in [0.15, 0.2) is 9.84 Å². The maximum Gasteiger partial charge on any atom is 0.323 e. The number of sulfone groups is 1. The zero-order valence-corrected chi connectivity index (χ0v) is 13.1. The molecule has 0 fully saturated rings. The molecule has 1 aromatic rings. The van der Waals surface area contributed by atoms with E-state index in [9.17, 15) is 13.2 Å². The summed E-state index contributed by atoms with van der Waals surface area (Å²) < 4.78 is 24.8. The normalized spacial score (nSPS) is 12.4. The number of carboxylic acid groups (broad SMARTS) is 1. The van der Waals surface area contributed by atoms with Crippen LogP contribution in [0, 0.1) is 0 Å². The molecule has 19 heavy (non-hydrogen) atoms. The Morgan fingerprint density at radius 1 is 1.32 bits per heavy atom. The Bertz CT molecular complexity index is 552. The van der Waals surface area contributed by atoms with Gasteiger partial charge in [0.25, 0.3) is 0 Å². The summed E-state index contributed by atoms with van der Waals surface area (Å²) in [6, 6.07) is 6.34. The van der Waals surface area contributed by atoms with Crippen LogP contribution in [0.3, 0.4) is 0 Å². The number of hydrogen-bond donors (Lipinski definition) is 2. The molecule has 5 nitrogen and oxygen atoms in total. The van der Waals surface area contributed by atoms with Gasteiger partial charge in [-0.1, -0.05) is 15.9 Å². The van der Waals surface area contributed by atoms with Crippen LogP contribution in [0.4, 0.5) is 0 Å². The molecule has 0 bridgehead atoms. The van der Waals surface area contributed by atoms with Gasteiger partial charge in [0.2, 0.25) is 0 Å². The smallest absolute Gasteiger partial charge is 0.323 e. The van der Waals surface area contributed by atoms with Crippen LogP contribution in [-0.2, 0) is 14.6 Å². The van der Waals surface area contributed by atoms with Crippen LogP contribution >= 0.6 is 15.9 Å². The van der Waals surface area contributed by atoms with Crippen LogP contribution in [0.15, 0.2) is 33.6 Å². The van der Waals surface area contributed by atoms with E-state index in [4.69, 9.17) is 5.11 Å². The first-order valence-electron chi connectivity index (χ1n) is 5.62. The maximum atomic E-state index is 12.0. The van der Waals surface area contributed by atoms with Crippen molar-refractivity contribution in [3.8, 4) is 0 Å². The summed E-state index contributed by atoms with van der Waals surface area (Å²) in [7, 11) is -3.40. The van der Waals surface area contributed by atoms with Gasteiger partial charge < -0.3 is 10.4 Å². The molecule has 0 saturated carbocycles. The molecule has 7 heteroatoms. The number of aliphatic carboxylic acids is 1. The Balaban J connectivity index is 2.67. The fourth-order valence-corrected chi connectivity index (χ4v) is 2.75. The second-order valence-corrected chi connectivity index (χ2v) is 7.65. The number of nitrogens with one attached hydrogen (secondary N) is 1. The summed E-state index contributed by atoms with van der Waals surface area (Å²) in [5.41, 5.74) is -1.14. The highest BCUT2D eigenvalue weighted by molar-refractivity contribution is 9.10. The molecule has 0 aliphatic heterocycles. The SMILES string of the molecule is CC(C)(NCCS(=O)(=O)c1ccc(Br)cc1)C(=O)O. The van der Waals surface area contributed by atoms with E-state index in [1.54, 1.807) is 12.1 Å². The van der Waals surface area contributed by atoms with Gasteiger partial charge in [-0.3, -0.25) is 4.79 Å². The number of hydrogen-bond acceptors (Lipinski definition) is 4. The van der Waals surface area contributed by atoms with Crippen molar-refractivity contribution in [3.63, 3.8) is 0 Å². The average Bonchev–Trinajstić information content (AvgIpc) is 2.28. The molecule has 0 spiro atoms. The Labute approximate surface area is 121 Å². The Hall–Kier alpha value is -0.920. The van der Waals surface area contributed by atoms with Gasteiger partial charge in [0.1, 0.15) is 5.54 Å². The summed E-state index contributed by atoms with van der Waals surface area (Å²) in [4.78, 5) is 11.1. The van der Waals surface area contributed by atoms with Crippen molar-refractivity contribution < 1.29 is 18.3 Å². The van der Waals surface area contributed by atoms with Gasteiger partial charge in [0, 0.05) is 11.0 Å². The van der Waals surface area contributed by atoms with Crippen LogP contribution in [0.2, 0.25) is 0 Å². The molecular weight excluding hydrogens is 334 g/mol. The second-order valence-electron chi connectivity index (χ2n) is 4.63. The molecule has 2 N–H and O–H groups in total. The van der Waals surface area contributed by atoms with E-state index in [1.165, 1.54) is 26.0 Å². The summed E-state index contributed by atoms with van der Waals surface area (Å²) in [6.07, 6.45) is 0. The number of halogens is 1. The number of rotatable bonds is 6. The van der Waals surface area contributed by atoms with Crippen molar-refractivity contribution >= 4 is 31.7 Å². The summed E-state index contributed by atoms with van der Waals surface area (Å²) >= 11 is 3.23. The predicted octanol–water partition coefficient (Wildman–Crippen LogP) is 1.68. The van der Waals surface area contributed by atoms with Crippen molar-refractivity contribution in [2.24, 2.45) is 0 Å². The predicted molar refractivity (Wildman–Crippen MR) is 75.9 cm³/mol. The molecule has 0 radical (unpaired) electrons. The number of carbonyl (C=O) groups is 1. The lowest BCUT2D eigenvalue weighted by Crippen LogP contribution is -2.48. The molecule has 1 rings (SSSR count). The highest BCUT2D eigenvalue weighted by atomic mass is 79.9. The first-order chi connectivity index (χ1) is 8.65. The zero-order chi connectivity index (χ0) is 14.7. The van der Waals surface area contributed by atoms with Gasteiger partial charge in [-0.2, -0.15) is 0 Å². The molecule has 0 atom stereocenters. The molecule has 0 aliphatic carbocycles. The third kappa shape index (κ3) is 4.59. The topological polar surface area (TPSA) is 83.5 Å². The van der Waals surface area contributed by atoms with Gasteiger partial charge in [-0.05, 0) is 38.1 Å². The Morgan fingerprint density at radius 2 is 1.84 bits per heavy atom. The number of benzene rings is 1. The number of carboxylic acids is 1. The zero-order valence-electron chi connectivity index (χ0n) is 10.7. The van der Waals surface area contributed by atoms with Gasteiger partial charge in [-0.15, -0.1) is 0 Å². The monoisotopic (exact) mass is 349 g/mol. The average molecular weight is 350 g/mol. The van der Waals surface area contributed by atoms with Crippen LogP contribution in [0.25, 0.3) is 0 Å². The largest absolute Gasteiger partial charge is 0.480 e. The first-order valence-corrected chi connectivity index (χ1v) is 8.06. The molecule has 1 aromatic carbocycles. The van der Waals surface area contributed by atoms with E-state index < -0.39 is 21.3 Å². The third-order valence-corrected chi connectivity index (χ3v) is 4.91. The Morgan fingerprint density at radius 3 is 2.32 bits per heavy atom. The summed E-state index contributed by atoms with van der Waals surface area (Å²) in [5, 5.41) is 11.6. The fraction of sp³-hybridized carbons (Fsp3) is 0.417. The van der Waals surface area contributed by atoms with Gasteiger partial charge >= 0.3 is 5.97 Å². The molecule has 0 heterocycles. The van der Waals surface area contributed by atoms with Crippen molar-refractivity contribution in [3.05, 3.63) is 28.7 Å². The molecule has 0 amide bonds. The molecular formula is C12H16BrNO4S. The van der Waals surface area contributed by atoms with Gasteiger partial charge in [0.05, 0.1) is 10.6 Å².